The van der Waals surface area contributed by atoms with Crippen LogP contribution in [-0.4, -0.2) is 12.5 Å². The van der Waals surface area contributed by atoms with E-state index in [1.165, 1.54) is 6.07 Å². The smallest absolute Gasteiger partial charge is 0.387 e. The van der Waals surface area contributed by atoms with Crippen molar-refractivity contribution in [3.05, 3.63) is 42.5 Å². The Labute approximate surface area is 91.7 Å². The van der Waals surface area contributed by atoms with Gasteiger partial charge in [0, 0.05) is 12.1 Å². The van der Waals surface area contributed by atoms with Crippen LogP contribution in [0, 0.1) is 0 Å². The quantitative estimate of drug-likeness (QED) is 0.782. The van der Waals surface area contributed by atoms with Crippen LogP contribution in [0.1, 0.15) is 5.56 Å². The molecule has 0 aromatic heterocycles. The minimum absolute atomic E-state index is 0.0573. The molecule has 0 spiro atoms. The van der Waals surface area contributed by atoms with Gasteiger partial charge in [-0.05, 0) is 12.1 Å². The normalized spacial score (nSPS) is 9.94. The van der Waals surface area contributed by atoms with Gasteiger partial charge in [0.05, 0.1) is 0 Å². The highest BCUT2D eigenvalue weighted by Crippen LogP contribution is 2.19. The Hall–Kier alpha value is -1.91. The molecule has 0 atom stereocenters. The second kappa shape index (κ2) is 5.85. The Bertz CT molecular complexity index is 380. The van der Waals surface area contributed by atoms with Gasteiger partial charge in [-0.25, -0.2) is 0 Å². The average molecular weight is 227 g/mol. The van der Waals surface area contributed by atoms with E-state index in [1.807, 2.05) is 0 Å². The highest BCUT2D eigenvalue weighted by Gasteiger charge is 2.08. The molecule has 3 nitrogen and oxygen atoms in total. The summed E-state index contributed by atoms with van der Waals surface area (Å²) in [6.07, 6.45) is 1.11. The van der Waals surface area contributed by atoms with Crippen LogP contribution in [0.25, 0.3) is 0 Å². The van der Waals surface area contributed by atoms with Gasteiger partial charge in [0.25, 0.3) is 0 Å². The number of para-hydroxylation sites is 1. The van der Waals surface area contributed by atoms with Crippen molar-refractivity contribution in [2.75, 3.05) is 0 Å². The zero-order valence-corrected chi connectivity index (χ0v) is 8.45. The van der Waals surface area contributed by atoms with E-state index in [-0.39, 0.29) is 18.2 Å². The topological polar surface area (TPSA) is 38.3 Å². The molecule has 0 saturated heterocycles. The first-order valence-corrected chi connectivity index (χ1v) is 4.56. The number of hydrogen-bond acceptors (Lipinski definition) is 2. The van der Waals surface area contributed by atoms with Gasteiger partial charge in [0.1, 0.15) is 5.75 Å². The summed E-state index contributed by atoms with van der Waals surface area (Å²) >= 11 is 0. The number of hydrogen-bond donors (Lipinski definition) is 1. The van der Waals surface area contributed by atoms with Gasteiger partial charge in [-0.15, -0.1) is 0 Å². The molecule has 0 heterocycles. The summed E-state index contributed by atoms with van der Waals surface area (Å²) in [5, 5.41) is 2.48. The number of benzene rings is 1. The Balaban J connectivity index is 2.70. The molecule has 0 radical (unpaired) electrons. The van der Waals surface area contributed by atoms with Gasteiger partial charge in [0.2, 0.25) is 5.91 Å². The minimum atomic E-state index is -2.88. The summed E-state index contributed by atoms with van der Waals surface area (Å²) in [4.78, 5) is 10.9. The van der Waals surface area contributed by atoms with Gasteiger partial charge in [0.15, 0.2) is 0 Å². The van der Waals surface area contributed by atoms with E-state index in [4.69, 9.17) is 0 Å². The molecule has 1 aromatic carbocycles. The maximum atomic E-state index is 12.0. The van der Waals surface area contributed by atoms with Crippen LogP contribution in [0.4, 0.5) is 8.78 Å². The molecule has 5 heteroatoms. The maximum Gasteiger partial charge on any atom is 0.387 e. The second-order valence-electron chi connectivity index (χ2n) is 2.91. The number of carbonyl (C=O) groups is 1. The predicted octanol–water partition coefficient (Wildman–Crippen LogP) is 2.09. The Morgan fingerprint density at radius 3 is 2.81 bits per heavy atom. The van der Waals surface area contributed by atoms with Crippen LogP contribution >= 0.6 is 0 Å². The van der Waals surface area contributed by atoms with E-state index in [2.05, 4.69) is 16.6 Å². The zero-order valence-electron chi connectivity index (χ0n) is 8.45. The number of carbonyl (C=O) groups excluding carboxylic acids is 1. The van der Waals surface area contributed by atoms with Gasteiger partial charge >= 0.3 is 6.61 Å². The van der Waals surface area contributed by atoms with Gasteiger partial charge in [-0.2, -0.15) is 8.78 Å². The van der Waals surface area contributed by atoms with E-state index < -0.39 is 6.61 Å². The lowest BCUT2D eigenvalue weighted by Gasteiger charge is -2.10. The molecule has 1 amide bonds. The van der Waals surface area contributed by atoms with Crippen molar-refractivity contribution in [2.45, 2.75) is 13.2 Å². The SMILES string of the molecule is C=CC(=O)NCc1ccccc1OC(F)F. The van der Waals surface area contributed by atoms with E-state index >= 15 is 0 Å². The highest BCUT2D eigenvalue weighted by molar-refractivity contribution is 5.86. The summed E-state index contributed by atoms with van der Waals surface area (Å²) in [6, 6.07) is 6.27. The first-order valence-electron chi connectivity index (χ1n) is 4.56. The molecule has 0 fully saturated rings. The van der Waals surface area contributed by atoms with Gasteiger partial charge in [-0.3, -0.25) is 4.79 Å². The molecular formula is C11H11F2NO2. The Kier molecular flexibility index (Phi) is 4.44. The fourth-order valence-electron chi connectivity index (χ4n) is 1.12. The number of ether oxygens (including phenoxy) is 1. The van der Waals surface area contributed by atoms with Crippen molar-refractivity contribution in [1.29, 1.82) is 0 Å². The largest absolute Gasteiger partial charge is 0.434 e. The molecule has 0 aliphatic carbocycles. The lowest BCUT2D eigenvalue weighted by atomic mass is 10.2. The van der Waals surface area contributed by atoms with E-state index in [0.29, 0.717) is 5.56 Å². The summed E-state index contributed by atoms with van der Waals surface area (Å²) in [6.45, 7) is 0.521. The molecule has 1 N–H and O–H groups in total. The molecular weight excluding hydrogens is 216 g/mol. The van der Waals surface area contributed by atoms with Gasteiger partial charge in [-0.1, -0.05) is 24.8 Å². The van der Waals surface area contributed by atoms with E-state index in [9.17, 15) is 13.6 Å². The second-order valence-corrected chi connectivity index (χ2v) is 2.91. The molecule has 1 rings (SSSR count). The van der Waals surface area contributed by atoms with E-state index in [1.54, 1.807) is 18.2 Å². The van der Waals surface area contributed by atoms with Crippen molar-refractivity contribution in [1.82, 2.24) is 5.32 Å². The highest BCUT2D eigenvalue weighted by atomic mass is 19.3. The molecule has 16 heavy (non-hydrogen) atoms. The van der Waals surface area contributed by atoms with Crippen molar-refractivity contribution < 1.29 is 18.3 Å². The van der Waals surface area contributed by atoms with E-state index in [0.717, 1.165) is 6.08 Å². The van der Waals surface area contributed by atoms with Gasteiger partial charge < -0.3 is 10.1 Å². The third kappa shape index (κ3) is 3.68. The third-order valence-corrected chi connectivity index (χ3v) is 1.83. The number of rotatable bonds is 5. The fourth-order valence-corrected chi connectivity index (χ4v) is 1.12. The zero-order chi connectivity index (χ0) is 12.0. The van der Waals surface area contributed by atoms with Crippen molar-refractivity contribution >= 4 is 5.91 Å². The number of nitrogens with one attached hydrogen (secondary N) is 1. The number of halogens is 2. The van der Waals surface area contributed by atoms with Crippen LogP contribution in [-0.2, 0) is 11.3 Å². The minimum Gasteiger partial charge on any atom is -0.434 e. The first kappa shape index (κ1) is 12.2. The van der Waals surface area contributed by atoms with Crippen LogP contribution in [0.2, 0.25) is 0 Å². The summed E-state index contributed by atoms with van der Waals surface area (Å²) in [5.41, 5.74) is 0.484. The molecule has 0 aliphatic heterocycles. The summed E-state index contributed by atoms with van der Waals surface area (Å²) in [5.74, 6) is -0.311. The molecule has 86 valence electrons. The number of alkyl halides is 2. The third-order valence-electron chi connectivity index (χ3n) is 1.83. The molecule has 0 bridgehead atoms. The molecule has 0 saturated carbocycles. The first-order chi connectivity index (χ1) is 7.63. The van der Waals surface area contributed by atoms with Crippen LogP contribution in [0.15, 0.2) is 36.9 Å². The Morgan fingerprint density at radius 2 is 2.19 bits per heavy atom. The molecule has 1 aromatic rings. The lowest BCUT2D eigenvalue weighted by molar-refractivity contribution is -0.116. The predicted molar refractivity (Wildman–Crippen MR) is 55.1 cm³/mol. The van der Waals surface area contributed by atoms with Crippen LogP contribution in [0.3, 0.4) is 0 Å². The Morgan fingerprint density at radius 1 is 1.50 bits per heavy atom. The average Bonchev–Trinajstić information content (AvgIpc) is 2.26. The van der Waals surface area contributed by atoms with Crippen LogP contribution in [0.5, 0.6) is 5.75 Å². The molecule has 0 aliphatic rings. The number of amides is 1. The van der Waals surface area contributed by atoms with Crippen LogP contribution < -0.4 is 10.1 Å². The molecule has 0 unspecified atom stereocenters. The summed E-state index contributed by atoms with van der Waals surface area (Å²) in [7, 11) is 0. The van der Waals surface area contributed by atoms with Crippen molar-refractivity contribution in [2.24, 2.45) is 0 Å². The van der Waals surface area contributed by atoms with Crippen molar-refractivity contribution in [3.8, 4) is 5.75 Å². The fraction of sp³-hybridized carbons (Fsp3) is 0.182. The lowest BCUT2D eigenvalue weighted by Crippen LogP contribution is -2.20. The monoisotopic (exact) mass is 227 g/mol. The van der Waals surface area contributed by atoms with Crippen molar-refractivity contribution in [3.63, 3.8) is 0 Å². The summed E-state index contributed by atoms with van der Waals surface area (Å²) < 4.78 is 28.4. The maximum absolute atomic E-state index is 12.0. The standard InChI is InChI=1S/C11H11F2NO2/c1-2-10(15)14-7-8-5-3-4-6-9(8)16-11(12)13/h2-6,11H,1,7H2,(H,14,15).